The molecule has 8 heteroatoms. The molecule has 1 aliphatic rings. The number of nitrogens with one attached hydrogen (secondary N) is 1. The van der Waals surface area contributed by atoms with Gasteiger partial charge in [-0.25, -0.2) is 8.42 Å². The summed E-state index contributed by atoms with van der Waals surface area (Å²) in [6.07, 6.45) is 3.16. The van der Waals surface area contributed by atoms with Gasteiger partial charge in [0.25, 0.3) is 5.91 Å². The molecule has 1 heterocycles. The van der Waals surface area contributed by atoms with Crippen LogP contribution < -0.4 is 4.72 Å². The molecule has 1 aliphatic heterocycles. The third-order valence-electron chi connectivity index (χ3n) is 4.77. The van der Waals surface area contributed by atoms with E-state index in [1.165, 1.54) is 13.0 Å². The first-order valence-corrected chi connectivity index (χ1v) is 10.7. The van der Waals surface area contributed by atoms with Crippen molar-refractivity contribution >= 4 is 21.9 Å². The highest BCUT2D eigenvalue weighted by Gasteiger charge is 2.25. The zero-order valence-electron chi connectivity index (χ0n) is 16.2. The van der Waals surface area contributed by atoms with Crippen molar-refractivity contribution in [1.82, 2.24) is 9.62 Å². The summed E-state index contributed by atoms with van der Waals surface area (Å²) >= 11 is 0. The Morgan fingerprint density at radius 1 is 1.11 bits per heavy atom. The Kier molecular flexibility index (Phi) is 7.38. The molecule has 7 nitrogen and oxygen atoms in total. The highest BCUT2D eigenvalue weighted by atomic mass is 32.2. The molecule has 1 fully saturated rings. The summed E-state index contributed by atoms with van der Waals surface area (Å²) in [6.45, 7) is 6.04. The second kappa shape index (κ2) is 9.32. The van der Waals surface area contributed by atoms with E-state index in [2.05, 4.69) is 4.72 Å². The molecule has 1 atom stereocenters. The largest absolute Gasteiger partial charge is 0.452 e. The van der Waals surface area contributed by atoms with Crippen LogP contribution in [-0.4, -0.2) is 50.9 Å². The number of likely N-dealkylation sites (tertiary alicyclic amines) is 1. The van der Waals surface area contributed by atoms with Gasteiger partial charge in [0.1, 0.15) is 6.54 Å². The standard InChI is InChI=1S/C19H28N2O5S/c1-14-8-9-17(12-15(14)2)27(24,25)20-13-18(22)26-16(3)19(23)21-10-6-4-5-7-11-21/h8-9,12,16,20H,4-7,10-11,13H2,1-3H3/t16-/m0/s1. The minimum atomic E-state index is -3.82. The highest BCUT2D eigenvalue weighted by Crippen LogP contribution is 2.15. The normalized spacial score (nSPS) is 16.5. The Morgan fingerprint density at radius 2 is 1.74 bits per heavy atom. The van der Waals surface area contributed by atoms with Gasteiger partial charge < -0.3 is 9.64 Å². The number of benzene rings is 1. The molecular weight excluding hydrogens is 368 g/mol. The summed E-state index contributed by atoms with van der Waals surface area (Å²) in [5.41, 5.74) is 1.83. The van der Waals surface area contributed by atoms with E-state index >= 15 is 0 Å². The average molecular weight is 397 g/mol. The van der Waals surface area contributed by atoms with Crippen LogP contribution in [0.25, 0.3) is 0 Å². The monoisotopic (exact) mass is 396 g/mol. The third kappa shape index (κ3) is 6.04. The SMILES string of the molecule is Cc1ccc(S(=O)(=O)NCC(=O)O[C@@H](C)C(=O)N2CCCCCC2)cc1C. The first kappa shape index (κ1) is 21.4. The van der Waals surface area contributed by atoms with E-state index in [1.54, 1.807) is 17.0 Å². The lowest BCUT2D eigenvalue weighted by atomic mass is 10.1. The van der Waals surface area contributed by atoms with E-state index < -0.39 is 28.6 Å². The topological polar surface area (TPSA) is 92.8 Å². The molecule has 0 unspecified atom stereocenters. The smallest absolute Gasteiger partial charge is 0.321 e. The number of hydrogen-bond donors (Lipinski definition) is 1. The third-order valence-corrected chi connectivity index (χ3v) is 6.17. The molecule has 1 amide bonds. The quantitative estimate of drug-likeness (QED) is 0.742. The second-order valence-electron chi connectivity index (χ2n) is 6.94. The number of rotatable bonds is 6. The van der Waals surface area contributed by atoms with Crippen molar-refractivity contribution in [3.05, 3.63) is 29.3 Å². The van der Waals surface area contributed by atoms with Crippen LogP contribution in [-0.2, 0) is 24.3 Å². The molecule has 0 aromatic heterocycles. The van der Waals surface area contributed by atoms with Crippen LogP contribution in [0.15, 0.2) is 23.1 Å². The van der Waals surface area contributed by atoms with Crippen molar-refractivity contribution in [2.24, 2.45) is 0 Å². The molecule has 0 aliphatic carbocycles. The Balaban J connectivity index is 1.88. The number of ether oxygens (including phenoxy) is 1. The summed E-state index contributed by atoms with van der Waals surface area (Å²) < 4.78 is 32.0. The molecule has 150 valence electrons. The van der Waals surface area contributed by atoms with Crippen molar-refractivity contribution in [2.75, 3.05) is 19.6 Å². The fourth-order valence-corrected chi connectivity index (χ4v) is 4.01. The van der Waals surface area contributed by atoms with Crippen LogP contribution in [0.3, 0.4) is 0 Å². The van der Waals surface area contributed by atoms with Crippen LogP contribution in [0.5, 0.6) is 0 Å². The number of carbonyl (C=O) groups excluding carboxylic acids is 2. The summed E-state index contributed by atoms with van der Waals surface area (Å²) in [6, 6.07) is 4.75. The molecule has 0 spiro atoms. The summed E-state index contributed by atoms with van der Waals surface area (Å²) in [7, 11) is -3.82. The fourth-order valence-electron chi connectivity index (χ4n) is 2.96. The fraction of sp³-hybridized carbons (Fsp3) is 0.579. The summed E-state index contributed by atoms with van der Waals surface area (Å²) in [5.74, 6) is -1.01. The highest BCUT2D eigenvalue weighted by molar-refractivity contribution is 7.89. The number of aryl methyl sites for hydroxylation is 2. The predicted molar refractivity (Wildman–Crippen MR) is 102 cm³/mol. The number of nitrogens with zero attached hydrogens (tertiary/aromatic N) is 1. The average Bonchev–Trinajstić information content (AvgIpc) is 2.91. The maximum atomic E-state index is 12.4. The van der Waals surface area contributed by atoms with Gasteiger partial charge in [-0.2, -0.15) is 4.72 Å². The van der Waals surface area contributed by atoms with Gasteiger partial charge in [0.2, 0.25) is 10.0 Å². The maximum absolute atomic E-state index is 12.4. The zero-order valence-corrected chi connectivity index (χ0v) is 17.0. The van der Waals surface area contributed by atoms with Gasteiger partial charge >= 0.3 is 5.97 Å². The van der Waals surface area contributed by atoms with E-state index in [4.69, 9.17) is 4.74 Å². The molecule has 1 aromatic rings. The van der Waals surface area contributed by atoms with E-state index in [-0.39, 0.29) is 10.8 Å². The lowest BCUT2D eigenvalue weighted by molar-refractivity contribution is -0.158. The van der Waals surface area contributed by atoms with Crippen molar-refractivity contribution < 1.29 is 22.7 Å². The molecule has 2 rings (SSSR count). The van der Waals surface area contributed by atoms with Gasteiger partial charge in [0.05, 0.1) is 4.90 Å². The first-order valence-electron chi connectivity index (χ1n) is 9.26. The van der Waals surface area contributed by atoms with Gasteiger partial charge in [-0.3, -0.25) is 9.59 Å². The minimum absolute atomic E-state index is 0.0899. The van der Waals surface area contributed by atoms with Gasteiger partial charge in [-0.15, -0.1) is 0 Å². The van der Waals surface area contributed by atoms with Crippen molar-refractivity contribution in [1.29, 1.82) is 0 Å². The lowest BCUT2D eigenvalue weighted by Gasteiger charge is -2.24. The summed E-state index contributed by atoms with van der Waals surface area (Å²) in [5, 5.41) is 0. The van der Waals surface area contributed by atoms with Gasteiger partial charge in [0, 0.05) is 13.1 Å². The van der Waals surface area contributed by atoms with Crippen LogP contribution in [0.4, 0.5) is 0 Å². The molecule has 0 bridgehead atoms. The number of hydrogen-bond acceptors (Lipinski definition) is 5. The number of carbonyl (C=O) groups is 2. The van der Waals surface area contributed by atoms with Crippen LogP contribution in [0, 0.1) is 13.8 Å². The Labute approximate surface area is 161 Å². The maximum Gasteiger partial charge on any atom is 0.321 e. The van der Waals surface area contributed by atoms with Gasteiger partial charge in [0.15, 0.2) is 6.10 Å². The van der Waals surface area contributed by atoms with E-state index in [0.717, 1.165) is 36.8 Å². The molecule has 0 radical (unpaired) electrons. The van der Waals surface area contributed by atoms with Gasteiger partial charge in [-0.05, 0) is 56.9 Å². The van der Waals surface area contributed by atoms with Crippen LogP contribution in [0.1, 0.15) is 43.7 Å². The first-order chi connectivity index (χ1) is 12.7. The van der Waals surface area contributed by atoms with Crippen molar-refractivity contribution in [3.63, 3.8) is 0 Å². The van der Waals surface area contributed by atoms with Crippen molar-refractivity contribution in [2.45, 2.75) is 57.5 Å². The zero-order chi connectivity index (χ0) is 20.0. The number of amides is 1. The minimum Gasteiger partial charge on any atom is -0.452 e. The predicted octanol–water partition coefficient (Wildman–Crippen LogP) is 1.92. The van der Waals surface area contributed by atoms with Gasteiger partial charge in [-0.1, -0.05) is 18.9 Å². The number of sulfonamides is 1. The Hall–Kier alpha value is -1.93. The van der Waals surface area contributed by atoms with Crippen LogP contribution in [0.2, 0.25) is 0 Å². The molecule has 1 saturated heterocycles. The van der Waals surface area contributed by atoms with E-state index in [1.807, 2.05) is 13.8 Å². The lowest BCUT2D eigenvalue weighted by Crippen LogP contribution is -2.42. The molecule has 1 N–H and O–H groups in total. The van der Waals surface area contributed by atoms with Crippen LogP contribution >= 0.6 is 0 Å². The summed E-state index contributed by atoms with van der Waals surface area (Å²) in [4.78, 5) is 26.2. The number of esters is 1. The second-order valence-corrected chi connectivity index (χ2v) is 8.71. The van der Waals surface area contributed by atoms with E-state index in [0.29, 0.717) is 13.1 Å². The van der Waals surface area contributed by atoms with E-state index in [9.17, 15) is 18.0 Å². The molecule has 0 saturated carbocycles. The molecular formula is C19H28N2O5S. The Morgan fingerprint density at radius 3 is 2.33 bits per heavy atom. The Bertz CT molecular complexity index is 783. The molecule has 27 heavy (non-hydrogen) atoms. The van der Waals surface area contributed by atoms with Crippen molar-refractivity contribution in [3.8, 4) is 0 Å². The molecule has 1 aromatic carbocycles.